The molecule has 2 aromatic carbocycles. The van der Waals surface area contributed by atoms with Crippen molar-refractivity contribution >= 4 is 29.1 Å². The van der Waals surface area contributed by atoms with E-state index in [0.717, 1.165) is 5.56 Å². The summed E-state index contributed by atoms with van der Waals surface area (Å²) in [5.74, 6) is -1.00. The maximum absolute atomic E-state index is 13.1. The number of methoxy groups -OCH3 is 1. The number of thiocarbonyl (C=S) groups is 1. The molecule has 26 heavy (non-hydrogen) atoms. The third-order valence-electron chi connectivity index (χ3n) is 4.30. The highest BCUT2D eigenvalue weighted by atomic mass is 32.1. The van der Waals surface area contributed by atoms with Crippen molar-refractivity contribution in [2.45, 2.75) is 6.04 Å². The van der Waals surface area contributed by atoms with Crippen molar-refractivity contribution in [3.63, 3.8) is 0 Å². The quantitative estimate of drug-likeness (QED) is 0.493. The molecule has 0 aliphatic carbocycles. The van der Waals surface area contributed by atoms with Crippen LogP contribution in [0.15, 0.2) is 66.9 Å². The van der Waals surface area contributed by atoms with Crippen LogP contribution in [-0.2, 0) is 4.74 Å². The minimum atomic E-state index is -0.534. The summed E-state index contributed by atoms with van der Waals surface area (Å²) in [7, 11) is 1.33. The van der Waals surface area contributed by atoms with Crippen molar-refractivity contribution in [2.75, 3.05) is 7.11 Å². The minimum Gasteiger partial charge on any atom is -0.465 e. The molecular formula is C20H18N2O3S. The molecule has 1 heterocycles. The Kier molecular flexibility index (Phi) is 5.14. The molecule has 1 aliphatic heterocycles. The summed E-state index contributed by atoms with van der Waals surface area (Å²) < 4.78 is 4.72. The lowest BCUT2D eigenvalue weighted by Gasteiger charge is -2.35. The lowest BCUT2D eigenvalue weighted by Crippen LogP contribution is -2.50. The predicted octanol–water partition coefficient (Wildman–Crippen LogP) is 3.00. The molecule has 5 nitrogen and oxygen atoms in total. The first-order chi connectivity index (χ1) is 12.5. The van der Waals surface area contributed by atoms with E-state index in [0.29, 0.717) is 21.9 Å². The lowest BCUT2D eigenvalue weighted by molar-refractivity contribution is 0.0600. The molecule has 3 rings (SSSR count). The van der Waals surface area contributed by atoms with Crippen molar-refractivity contribution in [2.24, 2.45) is 5.92 Å². The zero-order chi connectivity index (χ0) is 18.7. The number of carbonyl (C=O) groups excluding carboxylic acids is 2. The van der Waals surface area contributed by atoms with Crippen molar-refractivity contribution in [1.82, 2.24) is 10.6 Å². The second-order valence-electron chi connectivity index (χ2n) is 5.92. The Balaban J connectivity index is 1.96. The minimum absolute atomic E-state index is 0.0554. The summed E-state index contributed by atoms with van der Waals surface area (Å²) in [6, 6.07) is 15.6. The highest BCUT2D eigenvalue weighted by molar-refractivity contribution is 7.80. The second kappa shape index (κ2) is 7.49. The highest BCUT2D eigenvalue weighted by Crippen LogP contribution is 2.32. The van der Waals surface area contributed by atoms with E-state index in [1.54, 1.807) is 36.4 Å². The summed E-state index contributed by atoms with van der Waals surface area (Å²) in [4.78, 5) is 24.7. The topological polar surface area (TPSA) is 67.4 Å². The van der Waals surface area contributed by atoms with E-state index in [1.165, 1.54) is 7.11 Å². The number of hydrogen-bond donors (Lipinski definition) is 2. The smallest absolute Gasteiger partial charge is 0.337 e. The number of esters is 1. The Bertz CT molecular complexity index is 862. The maximum atomic E-state index is 13.1. The number of hydrogen-bond acceptors (Lipinski definition) is 4. The number of rotatable bonds is 4. The lowest BCUT2D eigenvalue weighted by atomic mass is 9.83. The number of Topliss-reactive ketones (excluding diaryl/α,β-unsaturated/α-hetero) is 1. The van der Waals surface area contributed by atoms with E-state index in [9.17, 15) is 9.59 Å². The molecule has 2 aromatic rings. The predicted molar refractivity (Wildman–Crippen MR) is 103 cm³/mol. The molecule has 0 radical (unpaired) electrons. The summed E-state index contributed by atoms with van der Waals surface area (Å²) >= 11 is 5.23. The molecule has 0 saturated carbocycles. The van der Waals surface area contributed by atoms with Crippen LogP contribution in [0, 0.1) is 5.92 Å². The van der Waals surface area contributed by atoms with Crippen LogP contribution in [-0.4, -0.2) is 24.0 Å². The molecular weight excluding hydrogens is 348 g/mol. The fourth-order valence-corrected chi connectivity index (χ4v) is 3.26. The van der Waals surface area contributed by atoms with Crippen LogP contribution in [0.3, 0.4) is 0 Å². The van der Waals surface area contributed by atoms with Gasteiger partial charge in [-0.2, -0.15) is 0 Å². The summed E-state index contributed by atoms with van der Waals surface area (Å²) in [6.07, 6.45) is 0. The molecule has 0 amide bonds. The van der Waals surface area contributed by atoms with Gasteiger partial charge in [-0.25, -0.2) is 4.79 Å². The first kappa shape index (κ1) is 17.8. The monoisotopic (exact) mass is 366 g/mol. The molecule has 0 unspecified atom stereocenters. The highest BCUT2D eigenvalue weighted by Gasteiger charge is 2.36. The van der Waals surface area contributed by atoms with Gasteiger partial charge in [-0.15, -0.1) is 0 Å². The number of ketones is 1. The number of carbonyl (C=O) groups is 2. The van der Waals surface area contributed by atoms with Crippen LogP contribution in [0.1, 0.15) is 32.3 Å². The fraction of sp³-hybridized carbons (Fsp3) is 0.150. The van der Waals surface area contributed by atoms with Crippen LogP contribution in [0.4, 0.5) is 0 Å². The van der Waals surface area contributed by atoms with Gasteiger partial charge in [0.1, 0.15) is 0 Å². The summed E-state index contributed by atoms with van der Waals surface area (Å²) in [5.41, 5.74) is 2.42. The molecule has 1 fully saturated rings. The molecule has 2 atom stereocenters. The van der Waals surface area contributed by atoms with Gasteiger partial charge in [-0.3, -0.25) is 4.79 Å². The molecule has 0 spiro atoms. The van der Waals surface area contributed by atoms with E-state index in [-0.39, 0.29) is 11.8 Å². The van der Waals surface area contributed by atoms with Gasteiger partial charge in [0.25, 0.3) is 0 Å². The Morgan fingerprint density at radius 3 is 2.31 bits per heavy atom. The fourth-order valence-electron chi connectivity index (χ4n) is 3.00. The van der Waals surface area contributed by atoms with E-state index in [2.05, 4.69) is 17.2 Å². The van der Waals surface area contributed by atoms with Gasteiger partial charge in [0.15, 0.2) is 10.9 Å². The summed E-state index contributed by atoms with van der Waals surface area (Å²) in [5, 5.41) is 6.51. The Labute approximate surface area is 157 Å². The van der Waals surface area contributed by atoms with Crippen LogP contribution >= 0.6 is 12.2 Å². The van der Waals surface area contributed by atoms with Gasteiger partial charge in [-0.05, 0) is 29.9 Å². The largest absolute Gasteiger partial charge is 0.465 e. The zero-order valence-corrected chi connectivity index (χ0v) is 15.0. The Hall–Kier alpha value is -2.99. The van der Waals surface area contributed by atoms with E-state index < -0.39 is 11.9 Å². The van der Waals surface area contributed by atoms with Gasteiger partial charge < -0.3 is 15.4 Å². The van der Waals surface area contributed by atoms with E-state index >= 15 is 0 Å². The van der Waals surface area contributed by atoms with Gasteiger partial charge >= 0.3 is 5.97 Å². The Morgan fingerprint density at radius 1 is 1.04 bits per heavy atom. The van der Waals surface area contributed by atoms with Gasteiger partial charge in [0, 0.05) is 11.3 Å². The van der Waals surface area contributed by atoms with Crippen LogP contribution < -0.4 is 10.6 Å². The maximum Gasteiger partial charge on any atom is 0.337 e. The molecule has 0 aromatic heterocycles. The van der Waals surface area contributed by atoms with Gasteiger partial charge in [0.05, 0.1) is 24.6 Å². The van der Waals surface area contributed by atoms with Gasteiger partial charge in [0.2, 0.25) is 0 Å². The third-order valence-corrected chi connectivity index (χ3v) is 4.52. The standard InChI is InChI=1S/C20H18N2O3S/c1-12-16(18(23)14-6-4-3-5-7-14)17(22-20(26)21-12)13-8-10-15(11-9-13)19(24)25-2/h3-11,16-17H,1H2,2H3,(H2,21,22,26)/t16-,17+/m1/s1. The second-order valence-corrected chi connectivity index (χ2v) is 6.33. The molecule has 2 N–H and O–H groups in total. The number of nitrogens with one attached hydrogen (secondary N) is 2. The van der Waals surface area contributed by atoms with E-state index in [1.807, 2.05) is 18.2 Å². The summed E-state index contributed by atoms with van der Waals surface area (Å²) in [6.45, 7) is 3.99. The molecule has 1 aliphatic rings. The van der Waals surface area contributed by atoms with Gasteiger partial charge in [-0.1, -0.05) is 49.0 Å². The molecule has 0 bridgehead atoms. The van der Waals surface area contributed by atoms with E-state index in [4.69, 9.17) is 17.0 Å². The number of benzene rings is 2. The normalized spacial score (nSPS) is 19.3. The Morgan fingerprint density at radius 2 is 1.69 bits per heavy atom. The van der Waals surface area contributed by atoms with Crippen LogP contribution in [0.25, 0.3) is 0 Å². The van der Waals surface area contributed by atoms with Crippen molar-refractivity contribution in [3.8, 4) is 0 Å². The van der Waals surface area contributed by atoms with Crippen LogP contribution in [0.5, 0.6) is 0 Å². The zero-order valence-electron chi connectivity index (χ0n) is 14.2. The SMILES string of the molecule is C=C1NC(=S)N[C@@H](c2ccc(C(=O)OC)cc2)[C@@H]1C(=O)c1ccccc1. The number of ether oxygens (including phenoxy) is 1. The van der Waals surface area contributed by atoms with Crippen molar-refractivity contribution in [3.05, 3.63) is 83.6 Å². The molecule has 132 valence electrons. The first-order valence-electron chi connectivity index (χ1n) is 8.05. The van der Waals surface area contributed by atoms with Crippen molar-refractivity contribution in [1.29, 1.82) is 0 Å². The average molecular weight is 366 g/mol. The average Bonchev–Trinajstić information content (AvgIpc) is 2.67. The molecule has 1 saturated heterocycles. The third kappa shape index (κ3) is 3.50. The molecule has 6 heteroatoms. The first-order valence-corrected chi connectivity index (χ1v) is 8.46. The van der Waals surface area contributed by atoms with Crippen molar-refractivity contribution < 1.29 is 14.3 Å². The van der Waals surface area contributed by atoms with Crippen LogP contribution in [0.2, 0.25) is 0 Å².